The molecule has 0 aromatic rings. The van der Waals surface area contributed by atoms with Crippen LogP contribution in [-0.2, 0) is 0 Å². The van der Waals surface area contributed by atoms with E-state index in [0.717, 1.165) is 12.5 Å². The smallest absolute Gasteiger partial charge is 0.0357 e. The molecule has 2 heteroatoms. The molecule has 0 aromatic carbocycles. The van der Waals surface area contributed by atoms with E-state index >= 15 is 0 Å². The molecule has 94 valence electrons. The van der Waals surface area contributed by atoms with Gasteiger partial charge in [-0.1, -0.05) is 32.6 Å². The minimum Gasteiger partial charge on any atom is -0.329 e. The summed E-state index contributed by atoms with van der Waals surface area (Å²) in [6, 6.07) is 0. The van der Waals surface area contributed by atoms with E-state index in [2.05, 4.69) is 11.8 Å². The highest BCUT2D eigenvalue weighted by molar-refractivity contribution is 5.00. The highest BCUT2D eigenvalue weighted by Crippen LogP contribution is 2.40. The van der Waals surface area contributed by atoms with Crippen molar-refractivity contribution in [3.05, 3.63) is 0 Å². The van der Waals surface area contributed by atoms with Crippen molar-refractivity contribution in [1.82, 2.24) is 4.90 Å². The zero-order valence-electron chi connectivity index (χ0n) is 10.9. The molecule has 0 amide bonds. The molecule has 0 bridgehead atoms. The van der Waals surface area contributed by atoms with Gasteiger partial charge in [0, 0.05) is 12.1 Å². The second-order valence-corrected chi connectivity index (χ2v) is 5.86. The van der Waals surface area contributed by atoms with Gasteiger partial charge in [0.1, 0.15) is 0 Å². The second kappa shape index (κ2) is 5.50. The molecule has 2 atom stereocenters. The van der Waals surface area contributed by atoms with E-state index in [1.165, 1.54) is 64.5 Å². The Morgan fingerprint density at radius 3 is 2.19 bits per heavy atom. The van der Waals surface area contributed by atoms with E-state index in [0.29, 0.717) is 5.54 Å². The fourth-order valence-electron chi connectivity index (χ4n) is 3.82. The molecule has 1 saturated heterocycles. The third-order valence-corrected chi connectivity index (χ3v) is 5.00. The SMILES string of the molecule is CC1CCCC1(CN)N1CCCCCCC1. The summed E-state index contributed by atoms with van der Waals surface area (Å²) in [7, 11) is 0. The lowest BCUT2D eigenvalue weighted by Gasteiger charge is -2.45. The van der Waals surface area contributed by atoms with Crippen molar-refractivity contribution in [1.29, 1.82) is 0 Å². The van der Waals surface area contributed by atoms with Gasteiger partial charge in [0.15, 0.2) is 0 Å². The maximum atomic E-state index is 6.14. The van der Waals surface area contributed by atoms with Crippen LogP contribution >= 0.6 is 0 Å². The van der Waals surface area contributed by atoms with Crippen molar-refractivity contribution in [3.63, 3.8) is 0 Å². The predicted molar refractivity (Wildman–Crippen MR) is 69.5 cm³/mol. The second-order valence-electron chi connectivity index (χ2n) is 5.86. The molecule has 2 fully saturated rings. The lowest BCUT2D eigenvalue weighted by Crippen LogP contribution is -2.56. The van der Waals surface area contributed by atoms with Gasteiger partial charge in [-0.05, 0) is 44.7 Å². The molecule has 2 aliphatic rings. The van der Waals surface area contributed by atoms with Crippen LogP contribution in [0.4, 0.5) is 0 Å². The van der Waals surface area contributed by atoms with Crippen molar-refractivity contribution < 1.29 is 0 Å². The molecule has 2 N–H and O–H groups in total. The number of rotatable bonds is 2. The van der Waals surface area contributed by atoms with Gasteiger partial charge in [0.05, 0.1) is 0 Å². The molecule has 1 saturated carbocycles. The van der Waals surface area contributed by atoms with E-state index < -0.39 is 0 Å². The summed E-state index contributed by atoms with van der Waals surface area (Å²) in [6.07, 6.45) is 11.2. The van der Waals surface area contributed by atoms with Crippen LogP contribution in [0.15, 0.2) is 0 Å². The minimum absolute atomic E-state index is 0.358. The van der Waals surface area contributed by atoms with E-state index in [-0.39, 0.29) is 0 Å². The summed E-state index contributed by atoms with van der Waals surface area (Å²) in [6.45, 7) is 5.87. The molecule has 2 rings (SSSR count). The predicted octanol–water partition coefficient (Wildman–Crippen LogP) is 2.77. The lowest BCUT2D eigenvalue weighted by atomic mass is 9.85. The average molecular weight is 224 g/mol. The van der Waals surface area contributed by atoms with Crippen LogP contribution in [0.3, 0.4) is 0 Å². The Balaban J connectivity index is 2.06. The van der Waals surface area contributed by atoms with E-state index in [9.17, 15) is 0 Å². The van der Waals surface area contributed by atoms with Crippen molar-refractivity contribution in [2.75, 3.05) is 19.6 Å². The van der Waals surface area contributed by atoms with Gasteiger partial charge in [-0.25, -0.2) is 0 Å². The lowest BCUT2D eigenvalue weighted by molar-refractivity contribution is 0.0558. The van der Waals surface area contributed by atoms with E-state index in [4.69, 9.17) is 5.73 Å². The van der Waals surface area contributed by atoms with Crippen LogP contribution in [-0.4, -0.2) is 30.1 Å². The number of nitrogens with two attached hydrogens (primary N) is 1. The Kier molecular flexibility index (Phi) is 4.26. The summed E-state index contributed by atoms with van der Waals surface area (Å²) < 4.78 is 0. The zero-order valence-corrected chi connectivity index (χ0v) is 10.9. The van der Waals surface area contributed by atoms with Crippen LogP contribution in [0.2, 0.25) is 0 Å². The molecule has 0 spiro atoms. The summed E-state index contributed by atoms with van der Waals surface area (Å²) in [4.78, 5) is 2.75. The van der Waals surface area contributed by atoms with Gasteiger partial charge in [-0.15, -0.1) is 0 Å². The first-order chi connectivity index (χ1) is 7.79. The van der Waals surface area contributed by atoms with Gasteiger partial charge in [0.2, 0.25) is 0 Å². The number of nitrogens with zero attached hydrogens (tertiary/aromatic N) is 1. The number of hydrogen-bond donors (Lipinski definition) is 1. The summed E-state index contributed by atoms with van der Waals surface area (Å²) in [5.74, 6) is 0.803. The Morgan fingerprint density at radius 1 is 1.06 bits per heavy atom. The molecule has 16 heavy (non-hydrogen) atoms. The maximum absolute atomic E-state index is 6.14. The molecule has 1 heterocycles. The number of hydrogen-bond acceptors (Lipinski definition) is 2. The summed E-state index contributed by atoms with van der Waals surface area (Å²) in [5, 5.41) is 0. The fraction of sp³-hybridized carbons (Fsp3) is 1.00. The Bertz CT molecular complexity index is 209. The topological polar surface area (TPSA) is 29.3 Å². The van der Waals surface area contributed by atoms with Crippen LogP contribution < -0.4 is 5.73 Å². The fourth-order valence-corrected chi connectivity index (χ4v) is 3.82. The van der Waals surface area contributed by atoms with Gasteiger partial charge >= 0.3 is 0 Å². The maximum Gasteiger partial charge on any atom is 0.0357 e. The van der Waals surface area contributed by atoms with E-state index in [1.54, 1.807) is 0 Å². The highest BCUT2D eigenvalue weighted by atomic mass is 15.2. The van der Waals surface area contributed by atoms with Crippen LogP contribution in [0.25, 0.3) is 0 Å². The van der Waals surface area contributed by atoms with Crippen LogP contribution in [0, 0.1) is 5.92 Å². The molecule has 1 aliphatic carbocycles. The molecular formula is C14H28N2. The zero-order chi connectivity index (χ0) is 11.4. The Hall–Kier alpha value is -0.0800. The first-order valence-electron chi connectivity index (χ1n) is 7.25. The van der Waals surface area contributed by atoms with Gasteiger partial charge in [-0.2, -0.15) is 0 Å². The first kappa shape index (κ1) is 12.4. The van der Waals surface area contributed by atoms with Gasteiger partial charge in [0.25, 0.3) is 0 Å². The molecule has 1 aliphatic heterocycles. The summed E-state index contributed by atoms with van der Waals surface area (Å²) >= 11 is 0. The Labute approximate surface area is 101 Å². The number of likely N-dealkylation sites (tertiary alicyclic amines) is 1. The average Bonchev–Trinajstić information content (AvgIpc) is 2.60. The van der Waals surface area contributed by atoms with Crippen molar-refractivity contribution >= 4 is 0 Å². The molecule has 2 nitrogen and oxygen atoms in total. The molecule has 0 aromatic heterocycles. The van der Waals surface area contributed by atoms with E-state index in [1.807, 2.05) is 0 Å². The summed E-state index contributed by atoms with van der Waals surface area (Å²) in [5.41, 5.74) is 6.50. The first-order valence-corrected chi connectivity index (χ1v) is 7.25. The third kappa shape index (κ3) is 2.28. The third-order valence-electron chi connectivity index (χ3n) is 5.00. The van der Waals surface area contributed by atoms with Gasteiger partial charge < -0.3 is 5.73 Å². The monoisotopic (exact) mass is 224 g/mol. The Morgan fingerprint density at radius 2 is 1.69 bits per heavy atom. The minimum atomic E-state index is 0.358. The standard InChI is InChI=1S/C14H28N2/c1-13-8-7-9-14(13,12-15)16-10-5-3-2-4-6-11-16/h13H,2-12,15H2,1H3. The quantitative estimate of drug-likeness (QED) is 0.781. The normalized spacial score (nSPS) is 38.2. The van der Waals surface area contributed by atoms with Crippen LogP contribution in [0.1, 0.15) is 58.3 Å². The highest BCUT2D eigenvalue weighted by Gasteiger charge is 2.43. The van der Waals surface area contributed by atoms with Gasteiger partial charge in [-0.3, -0.25) is 4.90 Å². The van der Waals surface area contributed by atoms with Crippen LogP contribution in [0.5, 0.6) is 0 Å². The van der Waals surface area contributed by atoms with Crippen molar-refractivity contribution in [2.45, 2.75) is 63.8 Å². The molecular weight excluding hydrogens is 196 g/mol. The van der Waals surface area contributed by atoms with Crippen molar-refractivity contribution in [3.8, 4) is 0 Å². The molecule has 2 unspecified atom stereocenters. The molecule has 0 radical (unpaired) electrons. The largest absolute Gasteiger partial charge is 0.329 e. The van der Waals surface area contributed by atoms with Crippen molar-refractivity contribution in [2.24, 2.45) is 11.7 Å².